The Morgan fingerprint density at radius 1 is 1.33 bits per heavy atom. The number of thioether (sulfide) groups is 2. The van der Waals surface area contributed by atoms with E-state index >= 15 is 0 Å². The van der Waals surface area contributed by atoms with Crippen LogP contribution in [0.5, 0.6) is 0 Å². The van der Waals surface area contributed by atoms with Crippen molar-refractivity contribution < 1.29 is 28.5 Å². The molecule has 1 atom stereocenters. The molecule has 0 aromatic carbocycles. The summed E-state index contributed by atoms with van der Waals surface area (Å²) >= 11 is 3.02. The van der Waals surface area contributed by atoms with Gasteiger partial charge in [0, 0.05) is 23.8 Å². The molecular formula is C13H20F2O4S2. The highest BCUT2D eigenvalue weighted by molar-refractivity contribution is 8.19. The first-order valence-electron chi connectivity index (χ1n) is 6.85. The van der Waals surface area contributed by atoms with Gasteiger partial charge in [-0.15, -0.1) is 23.5 Å². The van der Waals surface area contributed by atoms with Crippen LogP contribution in [0.25, 0.3) is 0 Å². The number of halogens is 2. The summed E-state index contributed by atoms with van der Waals surface area (Å²) in [6.07, 6.45) is 1.63. The van der Waals surface area contributed by atoms with Gasteiger partial charge in [0.2, 0.25) is 0 Å². The molecule has 1 saturated carbocycles. The molecule has 0 bridgehead atoms. The Balaban J connectivity index is 2.04. The Bertz CT molecular complexity index is 386. The van der Waals surface area contributed by atoms with Crippen LogP contribution < -0.4 is 0 Å². The molecule has 1 aliphatic carbocycles. The average Bonchev–Trinajstić information content (AvgIpc) is 2.82. The van der Waals surface area contributed by atoms with E-state index in [2.05, 4.69) is 0 Å². The molecule has 0 radical (unpaired) electrons. The summed E-state index contributed by atoms with van der Waals surface area (Å²) in [7, 11) is 0. The van der Waals surface area contributed by atoms with E-state index in [0.717, 1.165) is 12.8 Å². The molecule has 1 saturated heterocycles. The van der Waals surface area contributed by atoms with Crippen molar-refractivity contribution in [3.05, 3.63) is 0 Å². The Labute approximate surface area is 131 Å². The third kappa shape index (κ3) is 3.48. The maximum Gasteiger partial charge on any atom is 0.377 e. The van der Waals surface area contributed by atoms with Crippen molar-refractivity contribution in [3.8, 4) is 0 Å². The number of hydrogen-bond donors (Lipinski definition) is 2. The molecule has 2 rings (SSSR count). The Kier molecular flexibility index (Phi) is 5.12. The molecule has 2 fully saturated rings. The maximum absolute atomic E-state index is 13.0. The molecule has 0 aromatic heterocycles. The van der Waals surface area contributed by atoms with Crippen LogP contribution in [-0.2, 0) is 9.53 Å². The van der Waals surface area contributed by atoms with Gasteiger partial charge in [0.1, 0.15) is 6.10 Å². The topological polar surface area (TPSA) is 66.8 Å². The van der Waals surface area contributed by atoms with Crippen molar-refractivity contribution in [3.63, 3.8) is 0 Å². The van der Waals surface area contributed by atoms with Crippen molar-refractivity contribution in [1.82, 2.24) is 0 Å². The zero-order valence-corrected chi connectivity index (χ0v) is 13.4. The monoisotopic (exact) mass is 342 g/mol. The number of carbonyl (C=O) groups is 1. The summed E-state index contributed by atoms with van der Waals surface area (Å²) in [5.41, 5.74) is -0.549. The van der Waals surface area contributed by atoms with Crippen LogP contribution in [0.4, 0.5) is 8.78 Å². The number of ether oxygens (including phenoxy) is 1. The highest BCUT2D eigenvalue weighted by Gasteiger charge is 2.53. The first-order chi connectivity index (χ1) is 9.77. The van der Waals surface area contributed by atoms with Gasteiger partial charge in [-0.1, -0.05) is 0 Å². The number of hydrogen-bond acceptors (Lipinski definition) is 6. The number of aliphatic hydroxyl groups is 2. The summed E-state index contributed by atoms with van der Waals surface area (Å²) in [6.45, 7) is 0.314. The van der Waals surface area contributed by atoms with E-state index in [1.54, 1.807) is 0 Å². The predicted octanol–water partition coefficient (Wildman–Crippen LogP) is 1.88. The molecule has 122 valence electrons. The van der Waals surface area contributed by atoms with Gasteiger partial charge < -0.3 is 14.9 Å². The minimum atomic E-state index is -3.48. The number of rotatable bonds is 4. The Hall–Kier alpha value is -0.0500. The molecule has 0 aromatic rings. The lowest BCUT2D eigenvalue weighted by atomic mass is 9.96. The van der Waals surface area contributed by atoms with E-state index in [4.69, 9.17) is 4.74 Å². The third-order valence-electron chi connectivity index (χ3n) is 4.01. The van der Waals surface area contributed by atoms with E-state index in [-0.39, 0.29) is 13.2 Å². The number of aliphatic hydroxyl groups excluding tert-OH is 2. The minimum Gasteiger partial charge on any atom is -0.456 e. The van der Waals surface area contributed by atoms with E-state index in [9.17, 15) is 23.8 Å². The second-order valence-corrected chi connectivity index (χ2v) is 8.75. The lowest BCUT2D eigenvalue weighted by molar-refractivity contribution is -0.174. The van der Waals surface area contributed by atoms with E-state index in [1.807, 2.05) is 0 Å². The molecular weight excluding hydrogens is 322 g/mol. The molecule has 2 aliphatic rings. The van der Waals surface area contributed by atoms with E-state index in [0.29, 0.717) is 24.9 Å². The van der Waals surface area contributed by atoms with Crippen LogP contribution >= 0.6 is 23.5 Å². The van der Waals surface area contributed by atoms with Gasteiger partial charge in [0.05, 0.1) is 17.3 Å². The highest BCUT2D eigenvalue weighted by atomic mass is 32.2. The van der Waals surface area contributed by atoms with Crippen molar-refractivity contribution in [1.29, 1.82) is 0 Å². The van der Waals surface area contributed by atoms with Gasteiger partial charge in [-0.25, -0.2) is 4.79 Å². The second-order valence-electron chi connectivity index (χ2n) is 5.88. The zero-order chi connectivity index (χ0) is 15.7. The lowest BCUT2D eigenvalue weighted by Crippen LogP contribution is -2.47. The third-order valence-corrected chi connectivity index (χ3v) is 8.14. The van der Waals surface area contributed by atoms with Crippen LogP contribution in [0.3, 0.4) is 0 Å². The van der Waals surface area contributed by atoms with Crippen LogP contribution in [0.1, 0.15) is 26.2 Å². The largest absolute Gasteiger partial charge is 0.456 e. The predicted molar refractivity (Wildman–Crippen MR) is 78.6 cm³/mol. The van der Waals surface area contributed by atoms with E-state index in [1.165, 1.54) is 23.5 Å². The summed E-state index contributed by atoms with van der Waals surface area (Å²) in [6, 6.07) is 0. The summed E-state index contributed by atoms with van der Waals surface area (Å²) in [5.74, 6) is -3.89. The van der Waals surface area contributed by atoms with Gasteiger partial charge in [-0.3, -0.25) is 0 Å². The fraction of sp³-hybridized carbons (Fsp3) is 0.923. The normalized spacial score (nSPS) is 27.8. The van der Waals surface area contributed by atoms with Gasteiger partial charge in [-0.05, 0) is 19.3 Å². The quantitative estimate of drug-likeness (QED) is 0.761. The summed E-state index contributed by atoms with van der Waals surface area (Å²) in [4.78, 5) is 11.4. The molecule has 1 aliphatic heterocycles. The highest BCUT2D eigenvalue weighted by Crippen LogP contribution is 2.57. The second kappa shape index (κ2) is 6.22. The fourth-order valence-corrected chi connectivity index (χ4v) is 6.26. The van der Waals surface area contributed by atoms with Crippen LogP contribution in [0, 0.1) is 5.41 Å². The first kappa shape index (κ1) is 17.3. The zero-order valence-electron chi connectivity index (χ0n) is 11.8. The van der Waals surface area contributed by atoms with Gasteiger partial charge in [0.15, 0.2) is 0 Å². The van der Waals surface area contributed by atoms with Crippen LogP contribution in [-0.4, -0.2) is 57.0 Å². The molecule has 1 spiro atoms. The minimum absolute atomic E-state index is 0.114. The SMILES string of the molecule is CC(F)(F)C(=O)OC1CCCC12SCC(CO)(CO)CS2. The lowest BCUT2D eigenvalue weighted by Gasteiger charge is -2.44. The molecule has 21 heavy (non-hydrogen) atoms. The van der Waals surface area contributed by atoms with Crippen molar-refractivity contribution in [2.24, 2.45) is 5.41 Å². The molecule has 2 N–H and O–H groups in total. The van der Waals surface area contributed by atoms with Gasteiger partial charge in [0.25, 0.3) is 0 Å². The number of carbonyl (C=O) groups excluding carboxylic acids is 1. The van der Waals surface area contributed by atoms with Gasteiger partial charge >= 0.3 is 11.9 Å². The molecule has 4 nitrogen and oxygen atoms in total. The first-order valence-corrected chi connectivity index (χ1v) is 8.83. The number of alkyl halides is 2. The molecule has 1 unspecified atom stereocenters. The van der Waals surface area contributed by atoms with Crippen LogP contribution in [0.15, 0.2) is 0 Å². The van der Waals surface area contributed by atoms with Crippen molar-refractivity contribution >= 4 is 29.5 Å². The standard InChI is InChI=1S/C13H20F2O4S2/c1-11(14,15)10(18)19-9-3-2-4-13(9)20-7-12(5-16,6-17)8-21-13/h9,16-17H,2-8H2,1H3. The summed E-state index contributed by atoms with van der Waals surface area (Å²) < 4.78 is 30.6. The number of esters is 1. The molecule has 0 amide bonds. The van der Waals surface area contributed by atoms with E-state index < -0.39 is 27.5 Å². The Morgan fingerprint density at radius 3 is 2.38 bits per heavy atom. The molecule has 8 heteroatoms. The molecule has 1 heterocycles. The van der Waals surface area contributed by atoms with Gasteiger partial charge in [-0.2, -0.15) is 8.78 Å². The average molecular weight is 342 g/mol. The smallest absolute Gasteiger partial charge is 0.377 e. The maximum atomic E-state index is 13.0. The summed E-state index contributed by atoms with van der Waals surface area (Å²) in [5, 5.41) is 18.8. The van der Waals surface area contributed by atoms with Crippen LogP contribution in [0.2, 0.25) is 0 Å². The Morgan fingerprint density at radius 2 is 1.90 bits per heavy atom. The van der Waals surface area contributed by atoms with Crippen molar-refractivity contribution in [2.45, 2.75) is 42.3 Å². The fourth-order valence-electron chi connectivity index (χ4n) is 2.49. The van der Waals surface area contributed by atoms with Crippen molar-refractivity contribution in [2.75, 3.05) is 24.7 Å².